The Morgan fingerprint density at radius 2 is 1.79 bits per heavy atom. The van der Waals surface area contributed by atoms with Crippen LogP contribution in [0.3, 0.4) is 0 Å². The van der Waals surface area contributed by atoms with Gasteiger partial charge in [0.05, 0.1) is 19.7 Å². The molecule has 3 aromatic rings. The van der Waals surface area contributed by atoms with Gasteiger partial charge in [0.2, 0.25) is 11.8 Å². The molecule has 0 aliphatic heterocycles. The zero-order valence-corrected chi connectivity index (χ0v) is 21.5. The maximum Gasteiger partial charge on any atom is 0.401 e. The van der Waals surface area contributed by atoms with Crippen molar-refractivity contribution in [3.8, 4) is 11.5 Å². The first-order valence-electron chi connectivity index (χ1n) is 12.3. The zero-order valence-electron chi connectivity index (χ0n) is 21.5. The summed E-state index contributed by atoms with van der Waals surface area (Å²) in [6.45, 7) is 2.19. The Morgan fingerprint density at radius 3 is 2.42 bits per heavy atom. The van der Waals surface area contributed by atoms with Crippen LogP contribution in [0.25, 0.3) is 10.9 Å². The van der Waals surface area contributed by atoms with E-state index >= 15 is 0 Å². The molecule has 11 heteroatoms. The molecule has 1 aromatic heterocycles. The third kappa shape index (κ3) is 8.14. The van der Waals surface area contributed by atoms with Gasteiger partial charge in [-0.15, -0.1) is 0 Å². The molecule has 0 aliphatic carbocycles. The van der Waals surface area contributed by atoms with E-state index in [1.165, 1.54) is 12.1 Å². The number of aromatic hydroxyl groups is 1. The summed E-state index contributed by atoms with van der Waals surface area (Å²) < 4.78 is 43.6. The summed E-state index contributed by atoms with van der Waals surface area (Å²) in [5.74, 6) is -0.869. The van der Waals surface area contributed by atoms with Crippen LogP contribution in [0.1, 0.15) is 25.0 Å². The van der Waals surface area contributed by atoms with Crippen LogP contribution in [-0.4, -0.2) is 60.4 Å². The van der Waals surface area contributed by atoms with Gasteiger partial charge >= 0.3 is 6.18 Å². The number of carbonyl (C=O) groups is 2. The number of hydrogen-bond donors (Lipinski definition) is 5. The Morgan fingerprint density at radius 1 is 1.08 bits per heavy atom. The molecule has 2 aromatic carbocycles. The highest BCUT2D eigenvalue weighted by molar-refractivity contribution is 5.90. The maximum atomic E-state index is 13.1. The Bertz CT molecular complexity index is 1230. The normalized spacial score (nSPS) is 13.3. The third-order valence-electron chi connectivity index (χ3n) is 6.15. The average molecular weight is 535 g/mol. The van der Waals surface area contributed by atoms with Gasteiger partial charge in [0.15, 0.2) is 0 Å². The number of fused-ring (bicyclic) bond motifs is 1. The largest absolute Gasteiger partial charge is 0.508 e. The number of aromatic amines is 1. The minimum absolute atomic E-state index is 0.0466. The Hall–Kier alpha value is -3.73. The molecule has 1 heterocycles. The monoisotopic (exact) mass is 534 g/mol. The number of H-pyrrole nitrogens is 1. The number of methoxy groups -OCH3 is 1. The maximum absolute atomic E-state index is 13.1. The molecule has 0 radical (unpaired) electrons. The first kappa shape index (κ1) is 28.8. The second-order valence-corrected chi connectivity index (χ2v) is 9.42. The first-order chi connectivity index (χ1) is 18.0. The molecule has 0 fully saturated rings. The van der Waals surface area contributed by atoms with Crippen molar-refractivity contribution in [2.45, 2.75) is 44.9 Å². The number of ether oxygens (including phenoxy) is 1. The molecule has 2 atom stereocenters. The van der Waals surface area contributed by atoms with Crippen LogP contribution in [0, 0.1) is 5.92 Å². The van der Waals surface area contributed by atoms with Crippen LogP contribution in [0.5, 0.6) is 11.5 Å². The van der Waals surface area contributed by atoms with Crippen LogP contribution in [0.15, 0.2) is 48.7 Å². The lowest BCUT2D eigenvalue weighted by molar-refractivity contribution is -0.136. The van der Waals surface area contributed by atoms with Crippen molar-refractivity contribution in [2.24, 2.45) is 5.92 Å². The number of alkyl halides is 3. The summed E-state index contributed by atoms with van der Waals surface area (Å²) in [5.41, 5.74) is 2.56. The lowest BCUT2D eigenvalue weighted by Gasteiger charge is -2.26. The quantitative estimate of drug-likeness (QED) is 0.244. The number of benzene rings is 2. The molecule has 206 valence electrons. The van der Waals surface area contributed by atoms with E-state index in [-0.39, 0.29) is 18.7 Å². The van der Waals surface area contributed by atoms with Crippen molar-refractivity contribution >= 4 is 22.7 Å². The Labute approximate surface area is 219 Å². The van der Waals surface area contributed by atoms with Crippen LogP contribution in [-0.2, 0) is 22.4 Å². The van der Waals surface area contributed by atoms with Gasteiger partial charge in [-0.05, 0) is 53.8 Å². The van der Waals surface area contributed by atoms with Crippen LogP contribution >= 0.6 is 0 Å². The lowest BCUT2D eigenvalue weighted by atomic mass is 10.0. The number of phenolic OH excluding ortho intramolecular Hbond substituents is 1. The molecule has 0 unspecified atom stereocenters. The fourth-order valence-electron chi connectivity index (χ4n) is 4.13. The number of rotatable bonds is 12. The van der Waals surface area contributed by atoms with Crippen LogP contribution in [0.4, 0.5) is 13.2 Å². The molecule has 0 saturated carbocycles. The highest BCUT2D eigenvalue weighted by Gasteiger charge is 2.33. The highest BCUT2D eigenvalue weighted by atomic mass is 19.4. The molecule has 0 saturated heterocycles. The number of nitrogens with one attached hydrogen (secondary N) is 4. The number of hydrogen-bond acceptors (Lipinski definition) is 5. The van der Waals surface area contributed by atoms with E-state index in [1.807, 2.05) is 24.4 Å². The second-order valence-electron chi connectivity index (χ2n) is 9.42. The third-order valence-corrected chi connectivity index (χ3v) is 6.15. The molecular formula is C27H33F3N4O4. The van der Waals surface area contributed by atoms with Gasteiger partial charge in [0.25, 0.3) is 0 Å². The fourth-order valence-corrected chi connectivity index (χ4v) is 4.13. The van der Waals surface area contributed by atoms with Crippen LogP contribution < -0.4 is 20.7 Å². The minimum Gasteiger partial charge on any atom is -0.508 e. The van der Waals surface area contributed by atoms with Crippen molar-refractivity contribution in [1.82, 2.24) is 20.9 Å². The van der Waals surface area contributed by atoms with E-state index in [1.54, 1.807) is 33.1 Å². The van der Waals surface area contributed by atoms with Gasteiger partial charge in [-0.3, -0.25) is 14.9 Å². The summed E-state index contributed by atoms with van der Waals surface area (Å²) >= 11 is 0. The van der Waals surface area contributed by atoms with Gasteiger partial charge in [0, 0.05) is 30.1 Å². The molecule has 0 aliphatic rings. The minimum atomic E-state index is -4.48. The predicted molar refractivity (Wildman–Crippen MR) is 138 cm³/mol. The van der Waals surface area contributed by atoms with E-state index in [2.05, 4.69) is 20.9 Å². The van der Waals surface area contributed by atoms with Gasteiger partial charge in [-0.25, -0.2) is 0 Å². The highest BCUT2D eigenvalue weighted by Crippen LogP contribution is 2.24. The van der Waals surface area contributed by atoms with E-state index in [0.717, 1.165) is 16.5 Å². The molecule has 8 nitrogen and oxygen atoms in total. The fraction of sp³-hybridized carbons (Fsp3) is 0.407. The number of halogens is 3. The topological polar surface area (TPSA) is 115 Å². The smallest absolute Gasteiger partial charge is 0.401 e. The van der Waals surface area contributed by atoms with E-state index in [0.29, 0.717) is 17.7 Å². The summed E-state index contributed by atoms with van der Waals surface area (Å²) in [4.78, 5) is 29.3. The Balaban J connectivity index is 1.70. The van der Waals surface area contributed by atoms with Gasteiger partial charge < -0.3 is 25.5 Å². The molecular weight excluding hydrogens is 501 g/mol. The Kier molecular flexibility index (Phi) is 9.62. The molecule has 38 heavy (non-hydrogen) atoms. The summed E-state index contributed by atoms with van der Waals surface area (Å²) in [7, 11) is 1.58. The van der Waals surface area contributed by atoms with Gasteiger partial charge in [-0.2, -0.15) is 13.2 Å². The van der Waals surface area contributed by atoms with E-state index < -0.39 is 42.5 Å². The van der Waals surface area contributed by atoms with Crippen molar-refractivity contribution in [2.75, 3.05) is 20.2 Å². The molecule has 5 N–H and O–H groups in total. The summed E-state index contributed by atoms with van der Waals surface area (Å²) in [6.07, 6.45) is -2.04. The second kappa shape index (κ2) is 12.7. The van der Waals surface area contributed by atoms with E-state index in [4.69, 9.17) is 4.74 Å². The van der Waals surface area contributed by atoms with Crippen LogP contribution in [0.2, 0.25) is 0 Å². The van der Waals surface area contributed by atoms with Crippen molar-refractivity contribution in [3.63, 3.8) is 0 Å². The van der Waals surface area contributed by atoms with E-state index in [9.17, 15) is 27.9 Å². The zero-order chi connectivity index (χ0) is 27.9. The SMILES string of the molecule is COc1ccc2[nH]cc(CCNC(=O)[C@H](Cc3ccc(O)cc3)NC(=O)[C@@H](NCC(F)(F)F)C(C)C)c2c1. The number of amides is 2. The van der Waals surface area contributed by atoms with Crippen molar-refractivity contribution in [3.05, 3.63) is 59.8 Å². The van der Waals surface area contributed by atoms with Crippen molar-refractivity contribution < 1.29 is 32.6 Å². The molecule has 2 amide bonds. The molecule has 3 rings (SSSR count). The van der Waals surface area contributed by atoms with Gasteiger partial charge in [0.1, 0.15) is 17.5 Å². The number of carbonyl (C=O) groups excluding carboxylic acids is 2. The molecule has 0 spiro atoms. The average Bonchev–Trinajstić information content (AvgIpc) is 3.26. The summed E-state index contributed by atoms with van der Waals surface area (Å²) in [6, 6.07) is 9.60. The number of aromatic nitrogens is 1. The first-order valence-corrected chi connectivity index (χ1v) is 12.3. The predicted octanol–water partition coefficient (Wildman–Crippen LogP) is 3.44. The van der Waals surface area contributed by atoms with Crippen molar-refractivity contribution in [1.29, 1.82) is 0 Å². The lowest BCUT2D eigenvalue weighted by Crippen LogP contribution is -2.56. The van der Waals surface area contributed by atoms with Gasteiger partial charge in [-0.1, -0.05) is 26.0 Å². The summed E-state index contributed by atoms with van der Waals surface area (Å²) in [5, 5.41) is 18.2. The number of phenols is 1. The molecule has 0 bridgehead atoms. The standard InChI is InChI=1S/C27H33F3N4O4/c1-16(2)24(33-15-27(28,29)30)26(37)34-23(12-17-4-6-19(35)7-5-17)25(36)31-11-10-18-14-32-22-9-8-20(38-3)13-21(18)22/h4-9,13-14,16,23-24,32-33,35H,10-12,15H2,1-3H3,(H,31,36)(H,34,37)/t23-,24-/m0/s1.